The number of nitrogens with two attached hydrogens (primary N) is 1. The highest BCUT2D eigenvalue weighted by molar-refractivity contribution is 6.00. The molecule has 2 heterocycles. The number of anilines is 1. The molecule has 4 rings (SSSR count). The van der Waals surface area contributed by atoms with Crippen molar-refractivity contribution in [3.63, 3.8) is 0 Å². The van der Waals surface area contributed by atoms with Gasteiger partial charge in [0.2, 0.25) is 17.7 Å². The molecule has 5 N–H and O–H groups in total. The Bertz CT molecular complexity index is 1490. The number of aliphatic hydroxyl groups excluding tert-OH is 1. The average molecular weight is 631 g/mol. The minimum atomic E-state index is -1.72. The molecule has 0 aliphatic carbocycles. The maximum atomic E-state index is 13.7. The van der Waals surface area contributed by atoms with Crippen LogP contribution in [0.15, 0.2) is 85.2 Å². The summed E-state index contributed by atoms with van der Waals surface area (Å²) in [5, 5.41) is 16.0. The van der Waals surface area contributed by atoms with E-state index >= 15 is 0 Å². The van der Waals surface area contributed by atoms with Gasteiger partial charge in [-0.2, -0.15) is 0 Å². The molecule has 2 unspecified atom stereocenters. The van der Waals surface area contributed by atoms with E-state index in [9.17, 15) is 29.1 Å². The number of ether oxygens (including phenoxy) is 1. The Morgan fingerprint density at radius 2 is 1.63 bits per heavy atom. The summed E-state index contributed by atoms with van der Waals surface area (Å²) >= 11 is 0. The van der Waals surface area contributed by atoms with Crippen LogP contribution in [0.1, 0.15) is 30.4 Å². The van der Waals surface area contributed by atoms with Crippen LogP contribution in [0.5, 0.6) is 0 Å². The van der Waals surface area contributed by atoms with Gasteiger partial charge in [-0.1, -0.05) is 60.7 Å². The van der Waals surface area contributed by atoms with Crippen molar-refractivity contribution in [2.24, 2.45) is 5.73 Å². The maximum Gasteiger partial charge on any atom is 0.414 e. The lowest BCUT2D eigenvalue weighted by Crippen LogP contribution is -2.58. The molecule has 5 amide bonds. The monoisotopic (exact) mass is 630 g/mol. The Morgan fingerprint density at radius 1 is 1.00 bits per heavy atom. The molecule has 242 valence electrons. The molecule has 0 saturated carbocycles. The van der Waals surface area contributed by atoms with Crippen LogP contribution in [0.4, 0.5) is 10.5 Å². The minimum Gasteiger partial charge on any atom is -0.444 e. The zero-order valence-corrected chi connectivity index (χ0v) is 25.5. The van der Waals surface area contributed by atoms with Gasteiger partial charge in [0.15, 0.2) is 6.10 Å². The number of pyridine rings is 1. The number of rotatable bonds is 12. The molecule has 1 saturated heterocycles. The van der Waals surface area contributed by atoms with E-state index < -0.39 is 54.5 Å². The van der Waals surface area contributed by atoms with Crippen molar-refractivity contribution in [1.82, 2.24) is 20.5 Å². The van der Waals surface area contributed by atoms with Crippen molar-refractivity contribution >= 4 is 35.4 Å². The highest BCUT2D eigenvalue weighted by atomic mass is 16.5. The van der Waals surface area contributed by atoms with E-state index in [1.54, 1.807) is 86.2 Å². The summed E-state index contributed by atoms with van der Waals surface area (Å²) in [6, 6.07) is 17.8. The summed E-state index contributed by atoms with van der Waals surface area (Å²) in [4.78, 5) is 71.3. The molecule has 1 aliphatic heterocycles. The SMILES string of the molecule is CN(C(=O)[C@@H]1CCCN1C(=O)C(O)C(Cc1ccccc1)NC(=O)[C@@H](N)CC(=O)NC(=O)OCc1ccccc1)c1ccncc1. The van der Waals surface area contributed by atoms with Crippen LogP contribution in [-0.4, -0.2) is 82.5 Å². The van der Waals surface area contributed by atoms with Crippen LogP contribution in [0.2, 0.25) is 0 Å². The number of hydrogen-bond acceptors (Lipinski definition) is 9. The molecule has 0 bridgehead atoms. The number of aliphatic hydroxyl groups is 1. The smallest absolute Gasteiger partial charge is 0.414 e. The normalized spacial score (nSPS) is 16.1. The first-order valence-corrected chi connectivity index (χ1v) is 14.9. The second-order valence-electron chi connectivity index (χ2n) is 11.0. The molecule has 0 spiro atoms. The van der Waals surface area contributed by atoms with Crippen molar-refractivity contribution in [2.45, 2.75) is 56.5 Å². The van der Waals surface area contributed by atoms with E-state index in [0.29, 0.717) is 18.5 Å². The third-order valence-electron chi connectivity index (χ3n) is 7.66. The predicted octanol–water partition coefficient (Wildman–Crippen LogP) is 1.29. The van der Waals surface area contributed by atoms with Crippen LogP contribution in [0.25, 0.3) is 0 Å². The summed E-state index contributed by atoms with van der Waals surface area (Å²) in [6.45, 7) is 0.200. The Morgan fingerprint density at radius 3 is 2.28 bits per heavy atom. The van der Waals surface area contributed by atoms with Gasteiger partial charge < -0.3 is 30.7 Å². The van der Waals surface area contributed by atoms with Crippen molar-refractivity contribution in [2.75, 3.05) is 18.5 Å². The second kappa shape index (κ2) is 16.3. The molecule has 4 atom stereocenters. The highest BCUT2D eigenvalue weighted by Crippen LogP contribution is 2.23. The molecule has 13 nitrogen and oxygen atoms in total. The van der Waals surface area contributed by atoms with E-state index in [2.05, 4.69) is 10.3 Å². The van der Waals surface area contributed by atoms with Gasteiger partial charge in [-0.25, -0.2) is 4.79 Å². The fraction of sp³-hybridized carbons (Fsp3) is 0.333. The molecule has 1 aromatic heterocycles. The summed E-state index contributed by atoms with van der Waals surface area (Å²) in [7, 11) is 1.61. The van der Waals surface area contributed by atoms with Crippen LogP contribution < -0.4 is 21.3 Å². The number of likely N-dealkylation sites (tertiary alicyclic amines) is 1. The van der Waals surface area contributed by atoms with Gasteiger partial charge in [0.1, 0.15) is 12.6 Å². The van der Waals surface area contributed by atoms with Crippen LogP contribution in [-0.2, 0) is 36.9 Å². The zero-order valence-electron chi connectivity index (χ0n) is 25.5. The topological polar surface area (TPSA) is 184 Å². The molecular weight excluding hydrogens is 592 g/mol. The Balaban J connectivity index is 1.39. The van der Waals surface area contributed by atoms with E-state index in [0.717, 1.165) is 11.1 Å². The summed E-state index contributed by atoms with van der Waals surface area (Å²) < 4.78 is 5.03. The summed E-state index contributed by atoms with van der Waals surface area (Å²) in [5.41, 5.74) is 8.05. The van der Waals surface area contributed by atoms with Gasteiger partial charge in [-0.3, -0.25) is 29.5 Å². The number of amides is 5. The summed E-state index contributed by atoms with van der Waals surface area (Å²) in [6.07, 6.45) is 0.878. The van der Waals surface area contributed by atoms with Crippen LogP contribution in [0, 0.1) is 0 Å². The zero-order chi connectivity index (χ0) is 33.1. The lowest BCUT2D eigenvalue weighted by molar-refractivity contribution is -0.146. The first-order valence-electron chi connectivity index (χ1n) is 14.9. The Hall–Kier alpha value is -5.14. The van der Waals surface area contributed by atoms with Gasteiger partial charge in [0, 0.05) is 31.7 Å². The summed E-state index contributed by atoms with van der Waals surface area (Å²) in [5.74, 6) is -2.68. The van der Waals surface area contributed by atoms with E-state index in [-0.39, 0.29) is 25.5 Å². The molecule has 1 fully saturated rings. The maximum absolute atomic E-state index is 13.7. The Labute approximate surface area is 266 Å². The number of aromatic nitrogens is 1. The third kappa shape index (κ3) is 9.19. The molecule has 46 heavy (non-hydrogen) atoms. The molecule has 0 radical (unpaired) electrons. The number of carbonyl (C=O) groups excluding carboxylic acids is 5. The van der Waals surface area contributed by atoms with Crippen molar-refractivity contribution in [3.05, 3.63) is 96.3 Å². The average Bonchev–Trinajstić information content (AvgIpc) is 3.57. The molecular formula is C33H38N6O7. The molecule has 2 aromatic carbocycles. The predicted molar refractivity (Wildman–Crippen MR) is 168 cm³/mol. The van der Waals surface area contributed by atoms with Gasteiger partial charge >= 0.3 is 6.09 Å². The van der Waals surface area contributed by atoms with Gasteiger partial charge in [-0.05, 0) is 42.5 Å². The van der Waals surface area contributed by atoms with Crippen LogP contribution in [0.3, 0.4) is 0 Å². The minimum absolute atomic E-state index is 0.0525. The van der Waals surface area contributed by atoms with E-state index in [4.69, 9.17) is 10.5 Å². The van der Waals surface area contributed by atoms with Crippen molar-refractivity contribution < 1.29 is 33.8 Å². The number of alkyl carbamates (subject to hydrolysis) is 1. The van der Waals surface area contributed by atoms with Crippen molar-refractivity contribution in [3.8, 4) is 0 Å². The van der Waals surface area contributed by atoms with Crippen molar-refractivity contribution in [1.29, 1.82) is 0 Å². The third-order valence-corrected chi connectivity index (χ3v) is 7.66. The first kappa shape index (κ1) is 33.7. The number of carbonyl (C=O) groups is 5. The largest absolute Gasteiger partial charge is 0.444 e. The van der Waals surface area contributed by atoms with Gasteiger partial charge in [0.05, 0.1) is 18.5 Å². The molecule has 1 aliphatic rings. The van der Waals surface area contributed by atoms with E-state index in [1.807, 2.05) is 11.4 Å². The molecule has 3 aromatic rings. The quantitative estimate of drug-likeness (QED) is 0.229. The van der Waals surface area contributed by atoms with E-state index in [1.165, 1.54) is 9.80 Å². The number of benzene rings is 2. The fourth-order valence-electron chi connectivity index (χ4n) is 5.16. The number of likely N-dealkylation sites (N-methyl/N-ethyl adjacent to an activating group) is 1. The lowest BCUT2D eigenvalue weighted by Gasteiger charge is -2.32. The lowest BCUT2D eigenvalue weighted by atomic mass is 9.99. The first-order chi connectivity index (χ1) is 22.1. The number of nitrogens with one attached hydrogen (secondary N) is 2. The number of hydrogen-bond donors (Lipinski definition) is 4. The second-order valence-corrected chi connectivity index (χ2v) is 11.0. The Kier molecular flexibility index (Phi) is 11.9. The number of nitrogens with zero attached hydrogens (tertiary/aromatic N) is 3. The van der Waals surface area contributed by atoms with Gasteiger partial charge in [0.25, 0.3) is 5.91 Å². The van der Waals surface area contributed by atoms with Crippen LogP contribution >= 0.6 is 0 Å². The molecule has 13 heteroatoms. The highest BCUT2D eigenvalue weighted by Gasteiger charge is 2.41. The standard InChI is InChI=1S/C33H38N6O7/c1-38(24-14-16-35-17-15-24)31(43)27-13-8-18-39(27)32(44)29(41)26(19-22-9-4-2-5-10-22)36-30(42)25(34)20-28(40)37-33(45)46-21-23-11-6-3-7-12-23/h2-7,9-12,14-17,25-27,29,41H,8,13,18-21,34H2,1H3,(H,36,42)(H,37,40,45)/t25-,26?,27-,29?/m0/s1. The van der Waals surface area contributed by atoms with Gasteiger partial charge in [-0.15, -0.1) is 0 Å². The number of imide groups is 1. The fourth-order valence-corrected chi connectivity index (χ4v) is 5.16.